The van der Waals surface area contributed by atoms with Crippen LogP contribution in [0.5, 0.6) is 0 Å². The lowest BCUT2D eigenvalue weighted by Gasteiger charge is -2.37. The Kier molecular flexibility index (Phi) is 4.78. The quantitative estimate of drug-likeness (QED) is 0.750. The van der Waals surface area contributed by atoms with Crippen molar-refractivity contribution < 1.29 is 0 Å². The van der Waals surface area contributed by atoms with Gasteiger partial charge in [-0.2, -0.15) is 11.8 Å². The van der Waals surface area contributed by atoms with Gasteiger partial charge in [0.15, 0.2) is 0 Å². The summed E-state index contributed by atoms with van der Waals surface area (Å²) in [5, 5.41) is 3.78. The molecule has 1 N–H and O–H groups in total. The Morgan fingerprint density at radius 3 is 2.69 bits per heavy atom. The highest BCUT2D eigenvalue weighted by molar-refractivity contribution is 8.00. The van der Waals surface area contributed by atoms with Gasteiger partial charge in [-0.25, -0.2) is 0 Å². The lowest BCUT2D eigenvalue weighted by molar-refractivity contribution is 0.365. The van der Waals surface area contributed by atoms with Crippen molar-refractivity contribution in [2.75, 3.05) is 12.8 Å². The molecule has 0 aromatic heterocycles. The van der Waals surface area contributed by atoms with Crippen molar-refractivity contribution >= 4 is 11.8 Å². The molecular formula is C14H25NS. The van der Waals surface area contributed by atoms with Crippen LogP contribution < -0.4 is 5.32 Å². The molecule has 0 saturated heterocycles. The van der Waals surface area contributed by atoms with Crippen LogP contribution in [0.3, 0.4) is 0 Å². The lowest BCUT2D eigenvalue weighted by Crippen LogP contribution is -2.43. The Morgan fingerprint density at radius 1 is 1.25 bits per heavy atom. The maximum absolute atomic E-state index is 3.78. The molecule has 1 saturated carbocycles. The summed E-state index contributed by atoms with van der Waals surface area (Å²) in [5.74, 6) is 0. The Hall–Kier alpha value is 0.0500. The summed E-state index contributed by atoms with van der Waals surface area (Å²) in [6.07, 6.45) is 18.1. The van der Waals surface area contributed by atoms with E-state index in [0.717, 1.165) is 0 Å². The Morgan fingerprint density at radius 2 is 2.06 bits per heavy atom. The molecule has 0 radical (unpaired) electrons. The minimum Gasteiger partial charge on any atom is -0.309 e. The topological polar surface area (TPSA) is 12.0 Å². The molecule has 0 aromatic carbocycles. The molecule has 0 spiro atoms. The standard InChI is InChI=1S/C14H25NS/c1-16-14(10-6-3-7-11-14)12-15-13-8-4-2-5-9-13/h4,8,13,15H,2-3,5-7,9-12H2,1H3. The maximum Gasteiger partial charge on any atom is 0.0281 e. The fourth-order valence-corrected chi connectivity index (χ4v) is 3.87. The van der Waals surface area contributed by atoms with Crippen molar-refractivity contribution in [3.8, 4) is 0 Å². The van der Waals surface area contributed by atoms with Gasteiger partial charge in [-0.1, -0.05) is 31.4 Å². The van der Waals surface area contributed by atoms with E-state index in [1.807, 2.05) is 0 Å². The number of nitrogens with one attached hydrogen (secondary N) is 1. The third-order valence-electron chi connectivity index (χ3n) is 4.14. The first kappa shape index (κ1) is 12.5. The summed E-state index contributed by atoms with van der Waals surface area (Å²) in [4.78, 5) is 0. The summed E-state index contributed by atoms with van der Waals surface area (Å²) in [6, 6.07) is 0.653. The van der Waals surface area contributed by atoms with Crippen molar-refractivity contribution in [1.29, 1.82) is 0 Å². The molecule has 1 fully saturated rings. The van der Waals surface area contributed by atoms with Gasteiger partial charge < -0.3 is 5.32 Å². The highest BCUT2D eigenvalue weighted by Gasteiger charge is 2.31. The van der Waals surface area contributed by atoms with Crippen LogP contribution in [-0.2, 0) is 0 Å². The lowest BCUT2D eigenvalue weighted by atomic mass is 9.88. The van der Waals surface area contributed by atoms with Crippen molar-refractivity contribution in [2.45, 2.75) is 62.2 Å². The van der Waals surface area contributed by atoms with Gasteiger partial charge in [-0.15, -0.1) is 0 Å². The zero-order valence-corrected chi connectivity index (χ0v) is 11.3. The fourth-order valence-electron chi connectivity index (χ4n) is 2.95. The normalized spacial score (nSPS) is 29.2. The van der Waals surface area contributed by atoms with Gasteiger partial charge in [0.05, 0.1) is 0 Å². The summed E-state index contributed by atoms with van der Waals surface area (Å²) in [6.45, 7) is 1.21. The van der Waals surface area contributed by atoms with E-state index in [0.29, 0.717) is 10.8 Å². The molecule has 0 aromatic rings. The van der Waals surface area contributed by atoms with Gasteiger partial charge in [-0.05, 0) is 38.4 Å². The van der Waals surface area contributed by atoms with Crippen molar-refractivity contribution in [3.05, 3.63) is 12.2 Å². The molecule has 0 heterocycles. The average Bonchev–Trinajstić information content (AvgIpc) is 2.39. The summed E-state index contributed by atoms with van der Waals surface area (Å²) < 4.78 is 0.545. The molecule has 1 unspecified atom stereocenters. The number of hydrogen-bond acceptors (Lipinski definition) is 2. The highest BCUT2D eigenvalue weighted by Crippen LogP contribution is 2.38. The minimum absolute atomic E-state index is 0.545. The van der Waals surface area contributed by atoms with E-state index in [1.165, 1.54) is 57.9 Å². The van der Waals surface area contributed by atoms with Crippen molar-refractivity contribution in [3.63, 3.8) is 0 Å². The molecular weight excluding hydrogens is 214 g/mol. The smallest absolute Gasteiger partial charge is 0.0281 e. The first-order valence-electron chi connectivity index (χ1n) is 6.80. The fraction of sp³-hybridized carbons (Fsp3) is 0.857. The third kappa shape index (κ3) is 3.27. The monoisotopic (exact) mass is 239 g/mol. The van der Waals surface area contributed by atoms with E-state index in [9.17, 15) is 0 Å². The van der Waals surface area contributed by atoms with Crippen LogP contribution in [0.2, 0.25) is 0 Å². The van der Waals surface area contributed by atoms with Crippen LogP contribution in [0, 0.1) is 0 Å². The van der Waals surface area contributed by atoms with Crippen LogP contribution in [0.15, 0.2) is 12.2 Å². The molecule has 2 heteroatoms. The van der Waals surface area contributed by atoms with E-state index >= 15 is 0 Å². The van der Waals surface area contributed by atoms with Gasteiger partial charge in [0, 0.05) is 17.3 Å². The SMILES string of the molecule is CSC1(CNC2C=CCCC2)CCCCC1. The van der Waals surface area contributed by atoms with Crippen LogP contribution in [0.25, 0.3) is 0 Å². The second kappa shape index (κ2) is 6.11. The minimum atomic E-state index is 0.545. The first-order chi connectivity index (χ1) is 7.85. The van der Waals surface area contributed by atoms with E-state index < -0.39 is 0 Å². The first-order valence-corrected chi connectivity index (χ1v) is 8.02. The van der Waals surface area contributed by atoms with Crippen molar-refractivity contribution in [2.24, 2.45) is 0 Å². The van der Waals surface area contributed by atoms with E-state index in [-0.39, 0.29) is 0 Å². The second-order valence-corrected chi connectivity index (χ2v) is 6.57. The average molecular weight is 239 g/mol. The second-order valence-electron chi connectivity index (χ2n) is 5.29. The molecule has 0 amide bonds. The molecule has 92 valence electrons. The Labute approximate surface area is 104 Å². The molecule has 0 aliphatic heterocycles. The molecule has 2 rings (SSSR count). The molecule has 1 nitrogen and oxygen atoms in total. The molecule has 1 atom stereocenters. The number of thioether (sulfide) groups is 1. The van der Waals surface area contributed by atoms with Crippen LogP contribution in [0.4, 0.5) is 0 Å². The summed E-state index contributed by atoms with van der Waals surface area (Å²) >= 11 is 2.10. The predicted octanol–water partition coefficient (Wildman–Crippen LogP) is 3.75. The zero-order chi connectivity index (χ0) is 11.3. The van der Waals surface area contributed by atoms with E-state index in [1.54, 1.807) is 0 Å². The number of allylic oxidation sites excluding steroid dienone is 1. The highest BCUT2D eigenvalue weighted by atomic mass is 32.2. The zero-order valence-electron chi connectivity index (χ0n) is 10.5. The molecule has 2 aliphatic carbocycles. The summed E-state index contributed by atoms with van der Waals surface area (Å²) in [5.41, 5.74) is 0. The number of hydrogen-bond donors (Lipinski definition) is 1. The Balaban J connectivity index is 1.81. The van der Waals surface area contributed by atoms with Crippen LogP contribution >= 0.6 is 11.8 Å². The third-order valence-corrected chi connectivity index (χ3v) is 5.56. The summed E-state index contributed by atoms with van der Waals surface area (Å²) in [7, 11) is 0. The maximum atomic E-state index is 3.78. The Bertz CT molecular complexity index is 231. The van der Waals surface area contributed by atoms with Gasteiger partial charge in [-0.3, -0.25) is 0 Å². The van der Waals surface area contributed by atoms with Crippen molar-refractivity contribution in [1.82, 2.24) is 5.32 Å². The van der Waals surface area contributed by atoms with Gasteiger partial charge in [0.2, 0.25) is 0 Å². The van der Waals surface area contributed by atoms with Gasteiger partial charge in [0.1, 0.15) is 0 Å². The predicted molar refractivity (Wildman–Crippen MR) is 74.1 cm³/mol. The molecule has 0 bridgehead atoms. The molecule has 16 heavy (non-hydrogen) atoms. The molecule has 2 aliphatic rings. The van der Waals surface area contributed by atoms with Gasteiger partial charge >= 0.3 is 0 Å². The largest absolute Gasteiger partial charge is 0.309 e. The number of rotatable bonds is 4. The van der Waals surface area contributed by atoms with Crippen LogP contribution in [0.1, 0.15) is 51.4 Å². The van der Waals surface area contributed by atoms with E-state index in [4.69, 9.17) is 0 Å². The van der Waals surface area contributed by atoms with Crippen LogP contribution in [-0.4, -0.2) is 23.6 Å². The van der Waals surface area contributed by atoms with Gasteiger partial charge in [0.25, 0.3) is 0 Å². The van der Waals surface area contributed by atoms with E-state index in [2.05, 4.69) is 35.5 Å².